The van der Waals surface area contributed by atoms with Crippen LogP contribution in [0.15, 0.2) is 0 Å². The second-order valence-electron chi connectivity index (χ2n) is 4.57. The zero-order valence-electron chi connectivity index (χ0n) is 9.84. The fraction of sp³-hybridized carbons (Fsp3) is 0.909. The zero-order chi connectivity index (χ0) is 11.1. The highest BCUT2D eigenvalue weighted by Crippen LogP contribution is 2.19. The van der Waals surface area contributed by atoms with Crippen LogP contribution in [0.5, 0.6) is 0 Å². The molecule has 0 bridgehead atoms. The van der Waals surface area contributed by atoms with E-state index in [0.717, 1.165) is 6.54 Å². The Morgan fingerprint density at radius 1 is 1.21 bits per heavy atom. The van der Waals surface area contributed by atoms with E-state index in [-0.39, 0.29) is 5.91 Å². The van der Waals surface area contributed by atoms with E-state index >= 15 is 0 Å². The number of hydrogen-bond donors (Lipinski definition) is 2. The molecule has 1 amide bonds. The normalized spacial score (nSPS) is 11.6. The summed E-state index contributed by atoms with van der Waals surface area (Å²) in [6, 6.07) is 0. The van der Waals surface area contributed by atoms with Gasteiger partial charge >= 0.3 is 0 Å². The van der Waals surface area contributed by atoms with Crippen LogP contribution in [0.1, 0.15) is 34.1 Å². The van der Waals surface area contributed by atoms with E-state index in [2.05, 4.69) is 33.0 Å². The molecular formula is C11H24N2O. The summed E-state index contributed by atoms with van der Waals surface area (Å²) in [5.41, 5.74) is 5.05. The van der Waals surface area contributed by atoms with Gasteiger partial charge in [0.05, 0.1) is 0 Å². The van der Waals surface area contributed by atoms with Gasteiger partial charge in [-0.1, -0.05) is 27.7 Å². The van der Waals surface area contributed by atoms with Gasteiger partial charge in [-0.05, 0) is 24.3 Å². The summed E-state index contributed by atoms with van der Waals surface area (Å²) in [4.78, 5) is 10.5. The van der Waals surface area contributed by atoms with Crippen LogP contribution in [0.4, 0.5) is 0 Å². The molecule has 84 valence electrons. The van der Waals surface area contributed by atoms with Crippen LogP contribution in [0.2, 0.25) is 0 Å². The predicted molar refractivity (Wildman–Crippen MR) is 59.8 cm³/mol. The molecule has 14 heavy (non-hydrogen) atoms. The molecule has 0 spiro atoms. The molecule has 0 saturated carbocycles. The Kier molecular flexibility index (Phi) is 6.54. The lowest BCUT2D eigenvalue weighted by molar-refractivity contribution is -0.117. The maximum atomic E-state index is 10.5. The third-order valence-corrected chi connectivity index (χ3v) is 2.64. The van der Waals surface area contributed by atoms with Crippen molar-refractivity contribution in [3.05, 3.63) is 0 Å². The van der Waals surface area contributed by atoms with Crippen LogP contribution in [-0.2, 0) is 4.79 Å². The Morgan fingerprint density at radius 2 is 1.71 bits per heavy atom. The molecule has 0 aliphatic carbocycles. The van der Waals surface area contributed by atoms with E-state index in [1.54, 1.807) is 0 Å². The summed E-state index contributed by atoms with van der Waals surface area (Å²) in [5, 5.41) is 3.28. The van der Waals surface area contributed by atoms with E-state index in [1.807, 2.05) is 0 Å². The SMILES string of the molecule is CC(C)C(CNCCC(N)=O)C(C)C. The molecule has 0 aliphatic rings. The number of nitrogens with one attached hydrogen (secondary N) is 1. The monoisotopic (exact) mass is 200 g/mol. The molecule has 3 heteroatoms. The molecule has 0 rings (SSSR count). The molecule has 0 unspecified atom stereocenters. The predicted octanol–water partition coefficient (Wildman–Crippen LogP) is 1.38. The van der Waals surface area contributed by atoms with E-state index in [9.17, 15) is 4.79 Å². The van der Waals surface area contributed by atoms with Crippen LogP contribution in [-0.4, -0.2) is 19.0 Å². The molecule has 0 aromatic carbocycles. The molecule has 0 saturated heterocycles. The van der Waals surface area contributed by atoms with E-state index < -0.39 is 0 Å². The second-order valence-corrected chi connectivity index (χ2v) is 4.57. The van der Waals surface area contributed by atoms with Crippen LogP contribution < -0.4 is 11.1 Å². The van der Waals surface area contributed by atoms with Gasteiger partial charge in [0.15, 0.2) is 0 Å². The van der Waals surface area contributed by atoms with Crippen molar-refractivity contribution in [2.75, 3.05) is 13.1 Å². The lowest BCUT2D eigenvalue weighted by atomic mass is 9.85. The fourth-order valence-corrected chi connectivity index (χ4v) is 1.72. The van der Waals surface area contributed by atoms with Crippen molar-refractivity contribution >= 4 is 5.91 Å². The molecule has 0 aromatic rings. The number of rotatable bonds is 7. The molecule has 0 radical (unpaired) electrons. The van der Waals surface area contributed by atoms with Crippen LogP contribution in [0.25, 0.3) is 0 Å². The summed E-state index contributed by atoms with van der Waals surface area (Å²) in [7, 11) is 0. The van der Waals surface area contributed by atoms with Gasteiger partial charge < -0.3 is 11.1 Å². The molecule has 0 aliphatic heterocycles. The average molecular weight is 200 g/mol. The first-order valence-electron chi connectivity index (χ1n) is 5.44. The Labute approximate surface area is 87.4 Å². The highest BCUT2D eigenvalue weighted by atomic mass is 16.1. The summed E-state index contributed by atoms with van der Waals surface area (Å²) < 4.78 is 0. The summed E-state index contributed by atoms with van der Waals surface area (Å²) in [6.07, 6.45) is 0.433. The molecular weight excluding hydrogens is 176 g/mol. The van der Waals surface area contributed by atoms with E-state index in [1.165, 1.54) is 0 Å². The number of hydrogen-bond acceptors (Lipinski definition) is 2. The number of amides is 1. The quantitative estimate of drug-likeness (QED) is 0.610. The van der Waals surface area contributed by atoms with Gasteiger partial charge in [-0.3, -0.25) is 4.79 Å². The second kappa shape index (κ2) is 6.82. The van der Waals surface area contributed by atoms with Crippen molar-refractivity contribution in [1.82, 2.24) is 5.32 Å². The Balaban J connectivity index is 3.67. The van der Waals surface area contributed by atoms with Crippen molar-refractivity contribution in [2.45, 2.75) is 34.1 Å². The van der Waals surface area contributed by atoms with Gasteiger partial charge in [0.25, 0.3) is 0 Å². The average Bonchev–Trinajstić information content (AvgIpc) is 2.01. The standard InChI is InChI=1S/C11H24N2O/c1-8(2)10(9(3)4)7-13-6-5-11(12)14/h8-10,13H,5-7H2,1-4H3,(H2,12,14). The topological polar surface area (TPSA) is 55.1 Å². The maximum Gasteiger partial charge on any atom is 0.218 e. The first-order chi connectivity index (χ1) is 6.45. The number of carbonyl (C=O) groups excluding carboxylic acids is 1. The highest BCUT2D eigenvalue weighted by Gasteiger charge is 2.16. The number of primary amides is 1. The van der Waals surface area contributed by atoms with Gasteiger partial charge in [0.1, 0.15) is 0 Å². The van der Waals surface area contributed by atoms with Crippen molar-refractivity contribution in [2.24, 2.45) is 23.5 Å². The zero-order valence-corrected chi connectivity index (χ0v) is 9.84. The van der Waals surface area contributed by atoms with E-state index in [0.29, 0.717) is 30.7 Å². The van der Waals surface area contributed by atoms with Crippen molar-refractivity contribution < 1.29 is 4.79 Å². The number of nitrogens with two attached hydrogens (primary N) is 1. The highest BCUT2D eigenvalue weighted by molar-refractivity contribution is 5.73. The molecule has 0 aromatic heterocycles. The lowest BCUT2D eigenvalue weighted by Crippen LogP contribution is -2.31. The third kappa shape index (κ3) is 5.97. The molecule has 3 N–H and O–H groups in total. The third-order valence-electron chi connectivity index (χ3n) is 2.64. The summed E-state index contributed by atoms with van der Waals surface area (Å²) >= 11 is 0. The van der Waals surface area contributed by atoms with Crippen LogP contribution in [0, 0.1) is 17.8 Å². The minimum absolute atomic E-state index is 0.233. The lowest BCUT2D eigenvalue weighted by Gasteiger charge is -2.25. The summed E-state index contributed by atoms with van der Waals surface area (Å²) in [5.74, 6) is 1.79. The molecule has 3 nitrogen and oxygen atoms in total. The first kappa shape index (κ1) is 13.4. The first-order valence-corrected chi connectivity index (χ1v) is 5.44. The van der Waals surface area contributed by atoms with Crippen molar-refractivity contribution in [1.29, 1.82) is 0 Å². The Morgan fingerprint density at radius 3 is 2.07 bits per heavy atom. The van der Waals surface area contributed by atoms with E-state index in [4.69, 9.17) is 5.73 Å². The largest absolute Gasteiger partial charge is 0.370 e. The minimum Gasteiger partial charge on any atom is -0.370 e. The Hall–Kier alpha value is -0.570. The van der Waals surface area contributed by atoms with Gasteiger partial charge in [-0.2, -0.15) is 0 Å². The fourth-order valence-electron chi connectivity index (χ4n) is 1.72. The summed E-state index contributed by atoms with van der Waals surface area (Å²) in [6.45, 7) is 10.6. The molecule has 0 atom stereocenters. The van der Waals surface area contributed by atoms with Crippen molar-refractivity contribution in [3.63, 3.8) is 0 Å². The van der Waals surface area contributed by atoms with Gasteiger partial charge in [-0.25, -0.2) is 0 Å². The van der Waals surface area contributed by atoms with Gasteiger partial charge in [0, 0.05) is 13.0 Å². The minimum atomic E-state index is -0.233. The molecule has 0 fully saturated rings. The van der Waals surface area contributed by atoms with Crippen molar-refractivity contribution in [3.8, 4) is 0 Å². The van der Waals surface area contributed by atoms with Crippen LogP contribution >= 0.6 is 0 Å². The number of carbonyl (C=O) groups is 1. The Bertz CT molecular complexity index is 159. The molecule has 0 heterocycles. The smallest absolute Gasteiger partial charge is 0.218 e. The van der Waals surface area contributed by atoms with Crippen LogP contribution in [0.3, 0.4) is 0 Å². The maximum absolute atomic E-state index is 10.5. The van der Waals surface area contributed by atoms with Gasteiger partial charge in [0.2, 0.25) is 5.91 Å². The van der Waals surface area contributed by atoms with Gasteiger partial charge in [-0.15, -0.1) is 0 Å².